The standard InChI is InChI=1S/C21H19NO4S2/c1-24-17-11-15(9-6-10-19-20(23)22-21(27)28-19)16(12-18(17)25-2)26-13-14-7-4-3-5-8-14/h3-12H,13H2,1-2H3,(H,22,23,27). The maximum atomic E-state index is 11.8. The summed E-state index contributed by atoms with van der Waals surface area (Å²) >= 11 is 6.23. The van der Waals surface area contributed by atoms with Gasteiger partial charge >= 0.3 is 0 Å². The minimum atomic E-state index is -0.187. The topological polar surface area (TPSA) is 56.8 Å². The molecule has 0 bridgehead atoms. The number of hydrogen-bond acceptors (Lipinski definition) is 6. The molecule has 28 heavy (non-hydrogen) atoms. The van der Waals surface area contributed by atoms with E-state index >= 15 is 0 Å². The van der Waals surface area contributed by atoms with E-state index in [9.17, 15) is 4.79 Å². The fraction of sp³-hybridized carbons (Fsp3) is 0.143. The number of thiocarbonyl (C=S) groups is 1. The Morgan fingerprint density at radius 1 is 1.07 bits per heavy atom. The van der Waals surface area contributed by atoms with Crippen LogP contribution in [0, 0.1) is 0 Å². The zero-order valence-electron chi connectivity index (χ0n) is 15.4. The lowest BCUT2D eigenvalue weighted by Gasteiger charge is -2.14. The molecule has 1 N–H and O–H groups in total. The second-order valence-electron chi connectivity index (χ2n) is 5.75. The van der Waals surface area contributed by atoms with Gasteiger partial charge in [-0.25, -0.2) is 0 Å². The van der Waals surface area contributed by atoms with Crippen molar-refractivity contribution >= 4 is 40.3 Å². The first kappa shape index (κ1) is 20.0. The zero-order chi connectivity index (χ0) is 19.9. The van der Waals surface area contributed by atoms with Crippen molar-refractivity contribution in [3.05, 3.63) is 70.6 Å². The highest BCUT2D eigenvalue weighted by atomic mass is 32.2. The summed E-state index contributed by atoms with van der Waals surface area (Å²) in [5, 5.41) is 2.59. The molecule has 0 aromatic heterocycles. The third-order valence-electron chi connectivity index (χ3n) is 3.92. The molecule has 3 rings (SSSR count). The van der Waals surface area contributed by atoms with Crippen LogP contribution in [0.25, 0.3) is 6.08 Å². The number of hydrogen-bond donors (Lipinski definition) is 1. The SMILES string of the molecule is COc1cc(C=CC=C2SC(=S)NC2=O)c(OCc2ccccc2)cc1OC. The van der Waals surface area contributed by atoms with E-state index in [1.54, 1.807) is 32.4 Å². The summed E-state index contributed by atoms with van der Waals surface area (Å²) in [4.78, 5) is 12.3. The van der Waals surface area contributed by atoms with Crippen LogP contribution < -0.4 is 19.5 Å². The molecule has 2 aromatic carbocycles. The summed E-state index contributed by atoms with van der Waals surface area (Å²) in [7, 11) is 3.16. The molecule has 1 amide bonds. The van der Waals surface area contributed by atoms with Crippen molar-refractivity contribution in [3.8, 4) is 17.2 Å². The average molecular weight is 414 g/mol. The Labute approximate surface area is 173 Å². The van der Waals surface area contributed by atoms with Crippen molar-refractivity contribution in [1.82, 2.24) is 5.32 Å². The Balaban J connectivity index is 1.86. The van der Waals surface area contributed by atoms with E-state index in [0.717, 1.165) is 11.1 Å². The van der Waals surface area contributed by atoms with E-state index in [-0.39, 0.29) is 5.91 Å². The van der Waals surface area contributed by atoms with E-state index in [0.29, 0.717) is 33.1 Å². The molecule has 0 saturated carbocycles. The molecule has 0 radical (unpaired) electrons. The Morgan fingerprint density at radius 3 is 2.43 bits per heavy atom. The van der Waals surface area contributed by atoms with Crippen molar-refractivity contribution in [1.29, 1.82) is 0 Å². The predicted octanol–water partition coefficient (Wildman–Crippen LogP) is 4.33. The van der Waals surface area contributed by atoms with Crippen LogP contribution in [0.5, 0.6) is 17.2 Å². The second-order valence-corrected chi connectivity index (χ2v) is 7.47. The minimum absolute atomic E-state index is 0.187. The summed E-state index contributed by atoms with van der Waals surface area (Å²) in [6.45, 7) is 0.421. The van der Waals surface area contributed by atoms with E-state index in [4.69, 9.17) is 26.4 Å². The lowest BCUT2D eigenvalue weighted by molar-refractivity contribution is -0.115. The second kappa shape index (κ2) is 9.43. The molecule has 1 fully saturated rings. The summed E-state index contributed by atoms with van der Waals surface area (Å²) < 4.78 is 17.2. The van der Waals surface area contributed by atoms with E-state index in [1.807, 2.05) is 42.5 Å². The van der Waals surface area contributed by atoms with Gasteiger partial charge in [0.05, 0.1) is 19.1 Å². The van der Waals surface area contributed by atoms with Gasteiger partial charge in [-0.1, -0.05) is 66.5 Å². The normalized spacial score (nSPS) is 15.1. The molecule has 1 aliphatic heterocycles. The van der Waals surface area contributed by atoms with Gasteiger partial charge < -0.3 is 19.5 Å². The fourth-order valence-corrected chi connectivity index (χ4v) is 3.54. The Bertz CT molecular complexity index is 939. The van der Waals surface area contributed by atoms with Gasteiger partial charge in [-0.05, 0) is 17.7 Å². The molecule has 1 aliphatic rings. The lowest BCUT2D eigenvalue weighted by Crippen LogP contribution is -2.17. The number of nitrogens with one attached hydrogen (secondary N) is 1. The first-order valence-corrected chi connectivity index (χ1v) is 9.67. The molecule has 0 atom stereocenters. The number of ether oxygens (including phenoxy) is 3. The molecule has 0 unspecified atom stereocenters. The lowest BCUT2D eigenvalue weighted by atomic mass is 10.1. The summed E-state index contributed by atoms with van der Waals surface area (Å²) in [5.74, 6) is 1.64. The molecule has 1 heterocycles. The molecule has 7 heteroatoms. The Hall–Kier alpha value is -2.77. The van der Waals surface area contributed by atoms with E-state index in [2.05, 4.69) is 5.32 Å². The van der Waals surface area contributed by atoms with Crippen LogP contribution in [0.2, 0.25) is 0 Å². The highest BCUT2D eigenvalue weighted by Crippen LogP contribution is 2.36. The molecule has 2 aromatic rings. The molecule has 1 saturated heterocycles. The molecule has 0 spiro atoms. The third kappa shape index (κ3) is 4.94. The number of carbonyl (C=O) groups is 1. The van der Waals surface area contributed by atoms with Gasteiger partial charge in [-0.2, -0.15) is 0 Å². The molecule has 144 valence electrons. The average Bonchev–Trinajstić information content (AvgIpc) is 3.04. The van der Waals surface area contributed by atoms with E-state index < -0.39 is 0 Å². The van der Waals surface area contributed by atoms with Gasteiger partial charge in [-0.15, -0.1) is 0 Å². The van der Waals surface area contributed by atoms with Crippen molar-refractivity contribution in [3.63, 3.8) is 0 Å². The number of carbonyl (C=O) groups excluding carboxylic acids is 1. The quantitative estimate of drug-likeness (QED) is 0.539. The van der Waals surface area contributed by atoms with Crippen molar-refractivity contribution in [2.45, 2.75) is 6.61 Å². The van der Waals surface area contributed by atoms with Crippen LogP contribution in [0.4, 0.5) is 0 Å². The third-order valence-corrected chi connectivity index (χ3v) is 5.10. The first-order chi connectivity index (χ1) is 13.6. The first-order valence-electron chi connectivity index (χ1n) is 8.45. The number of benzene rings is 2. The molecular weight excluding hydrogens is 394 g/mol. The van der Waals surface area contributed by atoms with Gasteiger partial charge in [0.2, 0.25) is 0 Å². The van der Waals surface area contributed by atoms with Gasteiger partial charge in [-0.3, -0.25) is 4.79 Å². The zero-order valence-corrected chi connectivity index (χ0v) is 17.1. The Kier molecular flexibility index (Phi) is 6.73. The van der Waals surface area contributed by atoms with Crippen LogP contribution in [0.3, 0.4) is 0 Å². The summed E-state index contributed by atoms with van der Waals surface area (Å²) in [6, 6.07) is 13.5. The van der Waals surface area contributed by atoms with Crippen molar-refractivity contribution in [2.75, 3.05) is 14.2 Å². The fourth-order valence-electron chi connectivity index (χ4n) is 2.54. The number of allylic oxidation sites excluding steroid dienone is 2. The largest absolute Gasteiger partial charge is 0.493 e. The minimum Gasteiger partial charge on any atom is -0.493 e. The van der Waals surface area contributed by atoms with Gasteiger partial charge in [0.15, 0.2) is 11.5 Å². The summed E-state index contributed by atoms with van der Waals surface area (Å²) in [5.41, 5.74) is 1.86. The maximum Gasteiger partial charge on any atom is 0.263 e. The highest BCUT2D eigenvalue weighted by Gasteiger charge is 2.21. The summed E-state index contributed by atoms with van der Waals surface area (Å²) in [6.07, 6.45) is 5.36. The van der Waals surface area contributed by atoms with Crippen LogP contribution in [0.1, 0.15) is 11.1 Å². The molecule has 0 aliphatic carbocycles. The van der Waals surface area contributed by atoms with Crippen LogP contribution in [0.15, 0.2) is 59.5 Å². The smallest absolute Gasteiger partial charge is 0.263 e. The van der Waals surface area contributed by atoms with Gasteiger partial charge in [0, 0.05) is 11.6 Å². The molecular formula is C21H19NO4S2. The monoisotopic (exact) mass is 413 g/mol. The number of amides is 1. The van der Waals surface area contributed by atoms with Crippen LogP contribution in [-0.4, -0.2) is 24.4 Å². The van der Waals surface area contributed by atoms with Crippen LogP contribution >= 0.6 is 24.0 Å². The van der Waals surface area contributed by atoms with Crippen molar-refractivity contribution in [2.24, 2.45) is 0 Å². The van der Waals surface area contributed by atoms with E-state index in [1.165, 1.54) is 11.8 Å². The maximum absolute atomic E-state index is 11.8. The Morgan fingerprint density at radius 2 is 1.79 bits per heavy atom. The molecule has 5 nitrogen and oxygen atoms in total. The predicted molar refractivity (Wildman–Crippen MR) is 116 cm³/mol. The number of rotatable bonds is 7. The number of methoxy groups -OCH3 is 2. The number of thioether (sulfide) groups is 1. The highest BCUT2D eigenvalue weighted by molar-refractivity contribution is 8.26. The van der Waals surface area contributed by atoms with Gasteiger partial charge in [0.1, 0.15) is 16.7 Å². The van der Waals surface area contributed by atoms with Crippen molar-refractivity contribution < 1.29 is 19.0 Å². The van der Waals surface area contributed by atoms with Crippen LogP contribution in [-0.2, 0) is 11.4 Å². The van der Waals surface area contributed by atoms with Gasteiger partial charge in [0.25, 0.3) is 5.91 Å².